The second-order valence-corrected chi connectivity index (χ2v) is 6.85. The van der Waals surface area contributed by atoms with E-state index in [1.165, 1.54) is 0 Å². The second kappa shape index (κ2) is 8.62. The maximum absolute atomic E-state index is 10.1. The van der Waals surface area contributed by atoms with Crippen molar-refractivity contribution in [3.63, 3.8) is 0 Å². The molecule has 3 nitrogen and oxygen atoms in total. The summed E-state index contributed by atoms with van der Waals surface area (Å²) in [5.74, 6) is 1.41. The molecular formula is C17H30ClNO2. The third-order valence-electron chi connectivity index (χ3n) is 3.14. The molecule has 0 fully saturated rings. The summed E-state index contributed by atoms with van der Waals surface area (Å²) in [5, 5.41) is 10.1. The molecule has 0 heterocycles. The predicted molar refractivity (Wildman–Crippen MR) is 91.1 cm³/mol. The Kier molecular flexibility index (Phi) is 8.30. The van der Waals surface area contributed by atoms with Gasteiger partial charge in [0.25, 0.3) is 0 Å². The van der Waals surface area contributed by atoms with Crippen LogP contribution in [0.25, 0.3) is 0 Å². The first-order valence-electron chi connectivity index (χ1n) is 7.41. The van der Waals surface area contributed by atoms with Gasteiger partial charge in [0.1, 0.15) is 11.4 Å². The minimum Gasteiger partial charge on any atom is -0.488 e. The van der Waals surface area contributed by atoms with Crippen LogP contribution in [-0.4, -0.2) is 16.8 Å². The number of ether oxygens (including phenoxy) is 1. The van der Waals surface area contributed by atoms with E-state index in [1.807, 2.05) is 45.0 Å². The van der Waals surface area contributed by atoms with Gasteiger partial charge in [-0.25, -0.2) is 0 Å². The number of halogens is 1. The van der Waals surface area contributed by atoms with Crippen molar-refractivity contribution in [2.75, 3.05) is 0 Å². The monoisotopic (exact) mass is 315 g/mol. The van der Waals surface area contributed by atoms with Crippen molar-refractivity contribution < 1.29 is 9.84 Å². The molecule has 0 aromatic heterocycles. The van der Waals surface area contributed by atoms with E-state index in [4.69, 9.17) is 10.5 Å². The molecule has 21 heavy (non-hydrogen) atoms. The highest BCUT2D eigenvalue weighted by Gasteiger charge is 2.18. The van der Waals surface area contributed by atoms with E-state index >= 15 is 0 Å². The average Bonchev–Trinajstić information content (AvgIpc) is 2.34. The first kappa shape index (κ1) is 20.2. The van der Waals surface area contributed by atoms with E-state index in [-0.39, 0.29) is 24.0 Å². The van der Waals surface area contributed by atoms with Gasteiger partial charge in [-0.1, -0.05) is 26.0 Å². The second-order valence-electron chi connectivity index (χ2n) is 6.85. The van der Waals surface area contributed by atoms with Crippen LogP contribution >= 0.6 is 12.4 Å². The maximum Gasteiger partial charge on any atom is 0.120 e. The summed E-state index contributed by atoms with van der Waals surface area (Å²) in [4.78, 5) is 0. The Morgan fingerprint density at radius 2 is 1.62 bits per heavy atom. The lowest BCUT2D eigenvalue weighted by molar-refractivity contribution is 0.126. The van der Waals surface area contributed by atoms with Crippen molar-refractivity contribution in [2.45, 2.75) is 65.2 Å². The highest BCUT2D eigenvalue weighted by atomic mass is 35.5. The van der Waals surface area contributed by atoms with Crippen molar-refractivity contribution in [3.05, 3.63) is 29.8 Å². The predicted octanol–water partition coefficient (Wildman–Crippen LogP) is 4.08. The van der Waals surface area contributed by atoms with Crippen LogP contribution in [0.5, 0.6) is 5.75 Å². The zero-order valence-electron chi connectivity index (χ0n) is 13.8. The zero-order valence-corrected chi connectivity index (χ0v) is 14.6. The van der Waals surface area contributed by atoms with Gasteiger partial charge in [0.15, 0.2) is 0 Å². The fourth-order valence-electron chi connectivity index (χ4n) is 2.02. The van der Waals surface area contributed by atoms with Crippen LogP contribution in [0.1, 0.15) is 59.1 Å². The van der Waals surface area contributed by atoms with Gasteiger partial charge in [-0.15, -0.1) is 12.4 Å². The molecule has 0 spiro atoms. The van der Waals surface area contributed by atoms with E-state index in [0.29, 0.717) is 5.92 Å². The molecule has 0 amide bonds. The first-order chi connectivity index (χ1) is 9.19. The molecule has 0 saturated carbocycles. The zero-order chi connectivity index (χ0) is 15.3. The van der Waals surface area contributed by atoms with Crippen LogP contribution in [0.4, 0.5) is 0 Å². The number of benzene rings is 1. The lowest BCUT2D eigenvalue weighted by Gasteiger charge is -2.23. The Balaban J connectivity index is 0.00000400. The molecule has 0 aliphatic rings. The SMILES string of the molecule is CC(C)CC[C@H](O)[C@H](N)c1ccc(OC(C)(C)C)cc1.Cl. The summed E-state index contributed by atoms with van der Waals surface area (Å²) >= 11 is 0. The van der Waals surface area contributed by atoms with Gasteiger partial charge in [0.05, 0.1) is 12.1 Å². The summed E-state index contributed by atoms with van der Waals surface area (Å²) in [6.45, 7) is 10.3. The lowest BCUT2D eigenvalue weighted by atomic mass is 9.96. The normalized spacial score (nSPS) is 14.5. The van der Waals surface area contributed by atoms with E-state index in [1.54, 1.807) is 0 Å². The van der Waals surface area contributed by atoms with Gasteiger partial charge < -0.3 is 15.6 Å². The Morgan fingerprint density at radius 1 is 1.10 bits per heavy atom. The van der Waals surface area contributed by atoms with Crippen LogP contribution in [0.3, 0.4) is 0 Å². The minimum atomic E-state index is -0.494. The van der Waals surface area contributed by atoms with Crippen molar-refractivity contribution >= 4 is 12.4 Å². The first-order valence-corrected chi connectivity index (χ1v) is 7.41. The van der Waals surface area contributed by atoms with Gasteiger partial charge in [0.2, 0.25) is 0 Å². The summed E-state index contributed by atoms with van der Waals surface area (Å²) in [7, 11) is 0. The molecule has 0 bridgehead atoms. The summed E-state index contributed by atoms with van der Waals surface area (Å²) in [6.07, 6.45) is 1.23. The highest BCUT2D eigenvalue weighted by molar-refractivity contribution is 5.85. The number of hydrogen-bond donors (Lipinski definition) is 2. The van der Waals surface area contributed by atoms with Crippen LogP contribution in [0.2, 0.25) is 0 Å². The standard InChI is InChI=1S/C17H29NO2.ClH/c1-12(2)6-11-15(19)16(18)13-7-9-14(10-8-13)20-17(3,4)5;/h7-10,12,15-16,19H,6,11,18H2,1-5H3;1H/t15-,16+;/m0./s1. The molecule has 0 aliphatic heterocycles. The van der Waals surface area contributed by atoms with Crippen molar-refractivity contribution in [1.82, 2.24) is 0 Å². The third kappa shape index (κ3) is 7.70. The minimum absolute atomic E-state index is 0. The highest BCUT2D eigenvalue weighted by Crippen LogP contribution is 2.23. The molecule has 2 atom stereocenters. The fraction of sp³-hybridized carbons (Fsp3) is 0.647. The molecule has 1 aromatic carbocycles. The molecule has 1 aromatic rings. The Hall–Kier alpha value is -0.770. The quantitative estimate of drug-likeness (QED) is 0.831. The van der Waals surface area contributed by atoms with E-state index in [9.17, 15) is 5.11 Å². The molecule has 0 radical (unpaired) electrons. The van der Waals surface area contributed by atoms with E-state index in [0.717, 1.165) is 24.2 Å². The van der Waals surface area contributed by atoms with Gasteiger partial charge in [0, 0.05) is 0 Å². The number of aliphatic hydroxyl groups is 1. The van der Waals surface area contributed by atoms with Gasteiger partial charge in [-0.2, -0.15) is 0 Å². The van der Waals surface area contributed by atoms with Gasteiger partial charge in [-0.05, 0) is 57.2 Å². The van der Waals surface area contributed by atoms with Crippen molar-refractivity contribution in [1.29, 1.82) is 0 Å². The van der Waals surface area contributed by atoms with E-state index in [2.05, 4.69) is 13.8 Å². The Bertz CT molecular complexity index is 398. The van der Waals surface area contributed by atoms with Gasteiger partial charge >= 0.3 is 0 Å². The van der Waals surface area contributed by atoms with Crippen LogP contribution in [0, 0.1) is 5.92 Å². The summed E-state index contributed by atoms with van der Waals surface area (Å²) in [6, 6.07) is 7.36. The van der Waals surface area contributed by atoms with E-state index < -0.39 is 6.10 Å². The number of hydrogen-bond acceptors (Lipinski definition) is 3. The average molecular weight is 316 g/mol. The molecule has 3 N–H and O–H groups in total. The molecule has 0 aliphatic carbocycles. The Labute approximate surface area is 135 Å². The molecule has 0 unspecified atom stereocenters. The fourth-order valence-corrected chi connectivity index (χ4v) is 2.02. The summed E-state index contributed by atoms with van der Waals surface area (Å²) < 4.78 is 5.77. The molecular weight excluding hydrogens is 286 g/mol. The molecule has 0 saturated heterocycles. The van der Waals surface area contributed by atoms with Gasteiger partial charge in [-0.3, -0.25) is 0 Å². The Morgan fingerprint density at radius 3 is 2.05 bits per heavy atom. The van der Waals surface area contributed by atoms with Crippen LogP contribution in [0.15, 0.2) is 24.3 Å². The number of aliphatic hydroxyl groups excluding tert-OH is 1. The summed E-state index contributed by atoms with van der Waals surface area (Å²) in [5.41, 5.74) is 6.85. The number of nitrogens with two attached hydrogens (primary N) is 1. The van der Waals surface area contributed by atoms with Crippen LogP contribution in [-0.2, 0) is 0 Å². The third-order valence-corrected chi connectivity index (χ3v) is 3.14. The molecule has 4 heteroatoms. The lowest BCUT2D eigenvalue weighted by Crippen LogP contribution is -2.26. The molecule has 1 rings (SSSR count). The van der Waals surface area contributed by atoms with Crippen molar-refractivity contribution in [3.8, 4) is 5.75 Å². The van der Waals surface area contributed by atoms with Crippen LogP contribution < -0.4 is 10.5 Å². The smallest absolute Gasteiger partial charge is 0.120 e. The largest absolute Gasteiger partial charge is 0.488 e. The van der Waals surface area contributed by atoms with Crippen molar-refractivity contribution in [2.24, 2.45) is 11.7 Å². The molecule has 122 valence electrons. The topological polar surface area (TPSA) is 55.5 Å². The maximum atomic E-state index is 10.1. The number of rotatable bonds is 6.